The summed E-state index contributed by atoms with van der Waals surface area (Å²) in [4.78, 5) is 15.4. The number of aliphatic imine (C=N–C) groups is 2. The number of hydrogen-bond donors (Lipinski definition) is 1. The topological polar surface area (TPSA) is 75.9 Å². The number of pyridine rings is 1. The van der Waals surface area contributed by atoms with Crippen LogP contribution in [-0.2, 0) is 0 Å². The van der Waals surface area contributed by atoms with Gasteiger partial charge < -0.3 is 14.2 Å². The fourth-order valence-corrected chi connectivity index (χ4v) is 7.71. The van der Waals surface area contributed by atoms with Gasteiger partial charge in [0.15, 0.2) is 6.17 Å². The fraction of sp³-hybridized carbons (Fsp3) is 0.0217. The minimum absolute atomic E-state index is 0.576. The SMILES string of the molecule is c1ccc(C2=NC(c3ccc(-c4ccc5ccccc5c4)c4oc5cc6cccnc6cc5c34)N=C(c3cccc4oc5ccccc5c34)N2)cc1. The van der Waals surface area contributed by atoms with E-state index in [1.54, 1.807) is 0 Å². The zero-order chi connectivity index (χ0) is 34.2. The monoisotopic (exact) mass is 668 g/mol. The second-order valence-electron chi connectivity index (χ2n) is 13.2. The van der Waals surface area contributed by atoms with E-state index in [1.807, 2.05) is 60.8 Å². The lowest BCUT2D eigenvalue weighted by molar-refractivity contribution is 0.669. The molecule has 0 fully saturated rings. The second-order valence-corrected chi connectivity index (χ2v) is 13.2. The predicted octanol–water partition coefficient (Wildman–Crippen LogP) is 11.3. The van der Waals surface area contributed by atoms with Crippen molar-refractivity contribution < 1.29 is 8.83 Å². The first-order valence-electron chi connectivity index (χ1n) is 17.4. The lowest BCUT2D eigenvalue weighted by atomic mass is 9.95. The van der Waals surface area contributed by atoms with Gasteiger partial charge in [-0.05, 0) is 52.7 Å². The van der Waals surface area contributed by atoms with E-state index in [2.05, 4.69) is 102 Å². The van der Waals surface area contributed by atoms with E-state index < -0.39 is 6.17 Å². The van der Waals surface area contributed by atoms with E-state index in [4.69, 9.17) is 23.8 Å². The van der Waals surface area contributed by atoms with Crippen LogP contribution in [0.3, 0.4) is 0 Å². The molecule has 6 heteroatoms. The van der Waals surface area contributed by atoms with E-state index >= 15 is 0 Å². The number of para-hydroxylation sites is 1. The molecule has 1 atom stereocenters. The summed E-state index contributed by atoms with van der Waals surface area (Å²) in [7, 11) is 0. The molecule has 0 spiro atoms. The van der Waals surface area contributed by atoms with Crippen LogP contribution < -0.4 is 5.32 Å². The Labute approximate surface area is 297 Å². The van der Waals surface area contributed by atoms with Crippen LogP contribution in [-0.4, -0.2) is 16.7 Å². The molecule has 244 valence electrons. The number of nitrogens with zero attached hydrogens (tertiary/aromatic N) is 3. The second kappa shape index (κ2) is 11.2. The Kier molecular flexibility index (Phi) is 6.21. The highest BCUT2D eigenvalue weighted by Gasteiger charge is 2.27. The van der Waals surface area contributed by atoms with Crippen molar-refractivity contribution in [3.63, 3.8) is 0 Å². The van der Waals surface area contributed by atoms with Crippen LogP contribution >= 0.6 is 0 Å². The standard InChI is InChI=1S/C46H28N4O2/c1-2-11-28(12-3-1)44-48-45(34-16-8-18-39-41(34)33-15-6-7-17-38(33)51-39)50-46(49-44)35-22-21-32(30-20-19-27-10-4-5-13-29(27)24-30)43-42(35)36-26-37-31(14-9-23-47-37)25-40(36)52-43/h1-26,46H,(H,48,49,50). The van der Waals surface area contributed by atoms with E-state index in [1.165, 1.54) is 10.8 Å². The molecule has 1 aliphatic heterocycles. The zero-order valence-corrected chi connectivity index (χ0v) is 27.7. The Morgan fingerprint density at radius 3 is 2.23 bits per heavy atom. The molecule has 10 aromatic rings. The van der Waals surface area contributed by atoms with Crippen LogP contribution in [0.1, 0.15) is 22.9 Å². The molecular formula is C46H28N4O2. The summed E-state index contributed by atoms with van der Waals surface area (Å²) in [6.07, 6.45) is 1.26. The lowest BCUT2D eigenvalue weighted by Crippen LogP contribution is -2.36. The predicted molar refractivity (Wildman–Crippen MR) is 211 cm³/mol. The van der Waals surface area contributed by atoms with Crippen LogP contribution in [0.2, 0.25) is 0 Å². The van der Waals surface area contributed by atoms with Gasteiger partial charge in [0.25, 0.3) is 0 Å². The molecule has 3 aromatic heterocycles. The van der Waals surface area contributed by atoms with Crippen molar-refractivity contribution >= 4 is 77.2 Å². The van der Waals surface area contributed by atoms with Gasteiger partial charge in [0.05, 0.1) is 5.52 Å². The quantitative estimate of drug-likeness (QED) is 0.202. The Bertz CT molecular complexity index is 3120. The van der Waals surface area contributed by atoms with Gasteiger partial charge in [-0.3, -0.25) is 4.98 Å². The first kappa shape index (κ1) is 28.8. The molecule has 0 saturated carbocycles. The normalized spacial score (nSPS) is 14.7. The van der Waals surface area contributed by atoms with Crippen LogP contribution in [0.25, 0.3) is 76.7 Å². The van der Waals surface area contributed by atoms with Gasteiger partial charge in [-0.1, -0.05) is 115 Å². The smallest absolute Gasteiger partial charge is 0.170 e. The highest BCUT2D eigenvalue weighted by molar-refractivity contribution is 6.24. The third kappa shape index (κ3) is 4.48. The Balaban J connectivity index is 1.19. The van der Waals surface area contributed by atoms with Gasteiger partial charge in [0.1, 0.15) is 34.0 Å². The maximum absolute atomic E-state index is 6.86. The minimum Gasteiger partial charge on any atom is -0.456 e. The number of fused-ring (bicyclic) bond motifs is 8. The van der Waals surface area contributed by atoms with E-state index in [0.717, 1.165) is 94.3 Å². The van der Waals surface area contributed by atoms with Crippen molar-refractivity contribution in [2.24, 2.45) is 9.98 Å². The molecule has 0 aliphatic carbocycles. The molecule has 0 amide bonds. The number of aromatic nitrogens is 1. The molecule has 0 radical (unpaired) electrons. The number of nitrogens with one attached hydrogen (secondary N) is 1. The third-order valence-electron chi connectivity index (χ3n) is 10.2. The third-order valence-corrected chi connectivity index (χ3v) is 10.2. The largest absolute Gasteiger partial charge is 0.456 e. The van der Waals surface area contributed by atoms with Crippen LogP contribution in [0, 0.1) is 0 Å². The first-order chi connectivity index (χ1) is 25.7. The molecule has 4 heterocycles. The molecule has 0 bridgehead atoms. The highest BCUT2D eigenvalue weighted by Crippen LogP contribution is 2.43. The summed E-state index contributed by atoms with van der Waals surface area (Å²) in [6.45, 7) is 0. The van der Waals surface area contributed by atoms with Gasteiger partial charge >= 0.3 is 0 Å². The van der Waals surface area contributed by atoms with Crippen molar-refractivity contribution in [3.8, 4) is 11.1 Å². The molecule has 1 N–H and O–H groups in total. The summed E-state index contributed by atoms with van der Waals surface area (Å²) in [5.74, 6) is 1.47. The van der Waals surface area contributed by atoms with Crippen LogP contribution in [0.15, 0.2) is 177 Å². The van der Waals surface area contributed by atoms with Gasteiger partial charge in [0.2, 0.25) is 0 Å². The van der Waals surface area contributed by atoms with E-state index in [0.29, 0.717) is 0 Å². The number of benzene rings is 7. The molecule has 1 unspecified atom stereocenters. The average molecular weight is 669 g/mol. The Morgan fingerprint density at radius 1 is 0.481 bits per heavy atom. The van der Waals surface area contributed by atoms with Crippen molar-refractivity contribution in [1.29, 1.82) is 0 Å². The van der Waals surface area contributed by atoms with Crippen LogP contribution in [0.5, 0.6) is 0 Å². The number of amidine groups is 2. The molecule has 52 heavy (non-hydrogen) atoms. The summed E-state index contributed by atoms with van der Waals surface area (Å²) in [5.41, 5.74) is 9.12. The maximum atomic E-state index is 6.86. The summed E-state index contributed by atoms with van der Waals surface area (Å²) < 4.78 is 13.1. The maximum Gasteiger partial charge on any atom is 0.170 e. The molecule has 11 rings (SSSR count). The molecule has 7 aromatic carbocycles. The average Bonchev–Trinajstić information content (AvgIpc) is 3.78. The van der Waals surface area contributed by atoms with Crippen molar-refractivity contribution in [3.05, 3.63) is 175 Å². The minimum atomic E-state index is -0.576. The Morgan fingerprint density at radius 2 is 1.29 bits per heavy atom. The molecule has 6 nitrogen and oxygen atoms in total. The number of hydrogen-bond acceptors (Lipinski definition) is 6. The fourth-order valence-electron chi connectivity index (χ4n) is 7.71. The van der Waals surface area contributed by atoms with Crippen LogP contribution in [0.4, 0.5) is 0 Å². The summed E-state index contributed by atoms with van der Waals surface area (Å²) in [5, 5.41) is 11.0. The highest BCUT2D eigenvalue weighted by atomic mass is 16.3. The molecular weight excluding hydrogens is 641 g/mol. The number of rotatable bonds is 4. The summed E-state index contributed by atoms with van der Waals surface area (Å²) >= 11 is 0. The van der Waals surface area contributed by atoms with Gasteiger partial charge in [-0.15, -0.1) is 0 Å². The zero-order valence-electron chi connectivity index (χ0n) is 27.7. The van der Waals surface area contributed by atoms with Crippen molar-refractivity contribution in [2.75, 3.05) is 0 Å². The van der Waals surface area contributed by atoms with E-state index in [9.17, 15) is 0 Å². The van der Waals surface area contributed by atoms with E-state index in [-0.39, 0.29) is 0 Å². The van der Waals surface area contributed by atoms with Crippen molar-refractivity contribution in [2.45, 2.75) is 6.17 Å². The van der Waals surface area contributed by atoms with Gasteiger partial charge in [-0.25, -0.2) is 9.98 Å². The van der Waals surface area contributed by atoms with Crippen molar-refractivity contribution in [1.82, 2.24) is 10.3 Å². The van der Waals surface area contributed by atoms with Gasteiger partial charge in [-0.2, -0.15) is 0 Å². The number of furan rings is 2. The first-order valence-corrected chi connectivity index (χ1v) is 17.4. The molecule has 1 aliphatic rings. The lowest BCUT2D eigenvalue weighted by Gasteiger charge is -2.23. The molecule has 0 saturated heterocycles. The Hall–Kier alpha value is -7.05. The van der Waals surface area contributed by atoms with Gasteiger partial charge in [0, 0.05) is 55.4 Å². The summed E-state index contributed by atoms with van der Waals surface area (Å²) in [6, 6.07) is 52.1.